The van der Waals surface area contributed by atoms with E-state index in [0.29, 0.717) is 23.4 Å². The highest BCUT2D eigenvalue weighted by atomic mass is 19.1. The van der Waals surface area contributed by atoms with Crippen LogP contribution in [-0.2, 0) is 55.7 Å². The van der Waals surface area contributed by atoms with Crippen LogP contribution in [-0.4, -0.2) is 71.0 Å². The minimum atomic E-state index is -1.47. The molecular formula is C33H37FN2O10. The molecule has 3 aromatic rings. The van der Waals surface area contributed by atoms with Gasteiger partial charge in [0, 0.05) is 45.4 Å². The Balaban J connectivity index is 1.81. The Morgan fingerprint density at radius 2 is 1.37 bits per heavy atom. The molecule has 1 unspecified atom stereocenters. The van der Waals surface area contributed by atoms with Crippen LogP contribution in [0.15, 0.2) is 48.5 Å². The number of carbonyl (C=O) groups excluding carboxylic acids is 4. The first-order valence-corrected chi connectivity index (χ1v) is 14.8. The fraction of sp³-hybridized carbons (Fsp3) is 0.424. The van der Waals surface area contributed by atoms with Crippen molar-refractivity contribution in [2.24, 2.45) is 0 Å². The van der Waals surface area contributed by atoms with Crippen LogP contribution >= 0.6 is 0 Å². The van der Waals surface area contributed by atoms with Crippen LogP contribution in [0.4, 0.5) is 4.39 Å². The molecule has 246 valence electrons. The van der Waals surface area contributed by atoms with E-state index in [1.807, 2.05) is 31.2 Å². The second-order valence-electron chi connectivity index (χ2n) is 10.8. The molecular weight excluding hydrogens is 603 g/mol. The Bertz CT molecular complexity index is 1550. The van der Waals surface area contributed by atoms with Crippen molar-refractivity contribution in [2.45, 2.75) is 85.1 Å². The fourth-order valence-electron chi connectivity index (χ4n) is 5.13. The number of ether oxygens (including phenoxy) is 6. The maximum atomic E-state index is 13.8. The average molecular weight is 641 g/mol. The molecule has 0 radical (unpaired) electrons. The Kier molecular flexibility index (Phi) is 11.1. The van der Waals surface area contributed by atoms with E-state index in [4.69, 9.17) is 28.4 Å². The number of rotatable bonds is 11. The molecule has 0 amide bonds. The zero-order valence-corrected chi connectivity index (χ0v) is 26.5. The van der Waals surface area contributed by atoms with Crippen LogP contribution < -0.4 is 4.74 Å². The normalized spacial score (nSPS) is 20.8. The maximum Gasteiger partial charge on any atom is 0.303 e. The summed E-state index contributed by atoms with van der Waals surface area (Å²) in [6.07, 6.45) is -5.60. The molecule has 46 heavy (non-hydrogen) atoms. The van der Waals surface area contributed by atoms with Gasteiger partial charge in [0.25, 0.3) is 0 Å². The molecule has 1 saturated heterocycles. The van der Waals surface area contributed by atoms with E-state index in [9.17, 15) is 23.6 Å². The van der Waals surface area contributed by atoms with E-state index < -0.39 is 67.0 Å². The van der Waals surface area contributed by atoms with Gasteiger partial charge in [0.1, 0.15) is 18.5 Å². The Morgan fingerprint density at radius 3 is 1.93 bits per heavy atom. The highest BCUT2D eigenvalue weighted by Gasteiger charge is 2.53. The summed E-state index contributed by atoms with van der Waals surface area (Å²) in [7, 11) is 0. The van der Waals surface area contributed by atoms with Crippen LogP contribution in [0.5, 0.6) is 5.88 Å². The maximum absolute atomic E-state index is 13.8. The number of aryl methyl sites for hydroxylation is 1. The molecule has 13 heteroatoms. The number of carbonyl (C=O) groups is 4. The lowest BCUT2D eigenvalue weighted by molar-refractivity contribution is -0.289. The van der Waals surface area contributed by atoms with Crippen molar-refractivity contribution in [3.63, 3.8) is 0 Å². The topological polar surface area (TPSA) is 141 Å². The number of esters is 4. The molecule has 0 aliphatic carbocycles. The smallest absolute Gasteiger partial charge is 0.303 e. The van der Waals surface area contributed by atoms with Crippen LogP contribution in [0.2, 0.25) is 0 Å². The van der Waals surface area contributed by atoms with E-state index in [-0.39, 0.29) is 5.88 Å². The monoisotopic (exact) mass is 640 g/mol. The van der Waals surface area contributed by atoms with Gasteiger partial charge in [0.2, 0.25) is 18.3 Å². The van der Waals surface area contributed by atoms with Crippen LogP contribution in [0.3, 0.4) is 0 Å². The zero-order chi connectivity index (χ0) is 33.5. The van der Waals surface area contributed by atoms with Crippen molar-refractivity contribution in [2.75, 3.05) is 6.61 Å². The molecule has 2 heterocycles. The van der Waals surface area contributed by atoms with E-state index in [1.165, 1.54) is 19.1 Å². The Hall–Kier alpha value is -4.78. The van der Waals surface area contributed by atoms with E-state index >= 15 is 0 Å². The minimum absolute atomic E-state index is 0.0855. The molecule has 4 rings (SSSR count). The fourth-order valence-corrected chi connectivity index (χ4v) is 5.13. The molecule has 1 aliphatic rings. The molecule has 0 spiro atoms. The van der Waals surface area contributed by atoms with Crippen molar-refractivity contribution in [3.05, 3.63) is 76.7 Å². The SMILES string of the molecule is CCc1ccc(Cc2c(OC3O[C@H](COC(C)=O)[C@@H](OC(C)=O)[C@H](OC(C)=O)[C@H]3OC(C)=O)nn(-c3ccc(F)cc3)c2C)cc1. The number of halogens is 1. The predicted octanol–water partition coefficient (Wildman–Crippen LogP) is 3.93. The highest BCUT2D eigenvalue weighted by molar-refractivity contribution is 5.68. The third-order valence-electron chi connectivity index (χ3n) is 7.26. The van der Waals surface area contributed by atoms with Gasteiger partial charge in [-0.1, -0.05) is 31.2 Å². The van der Waals surface area contributed by atoms with E-state index in [1.54, 1.807) is 16.8 Å². The van der Waals surface area contributed by atoms with Gasteiger partial charge in [-0.25, -0.2) is 9.07 Å². The highest BCUT2D eigenvalue weighted by Crippen LogP contribution is 2.34. The first kappa shape index (κ1) is 34.1. The summed E-state index contributed by atoms with van der Waals surface area (Å²) < 4.78 is 49.5. The Labute approximate surface area is 265 Å². The standard InChI is InChI=1S/C33H37FN2O10/c1-7-23-8-10-24(11-9-23)16-27-18(2)36(26-14-12-25(34)13-15-26)35-32(27)46-33-31(44-22(6)40)30(43-21(5)39)29(42-20(4)38)28(45-33)17-41-19(3)37/h8-15,28-31,33H,7,16-17H2,1-6H3/t28-,29-,30+,31-,33?/m1/s1. The number of hydrogen-bond donors (Lipinski definition) is 0. The van der Waals surface area contributed by atoms with Crippen LogP contribution in [0, 0.1) is 12.7 Å². The summed E-state index contributed by atoms with van der Waals surface area (Å²) >= 11 is 0. The van der Waals surface area contributed by atoms with Crippen LogP contribution in [0.1, 0.15) is 57.0 Å². The lowest BCUT2D eigenvalue weighted by atomic mass is 9.98. The third-order valence-corrected chi connectivity index (χ3v) is 7.26. The number of benzene rings is 2. The van der Waals surface area contributed by atoms with Crippen LogP contribution in [0.25, 0.3) is 5.69 Å². The van der Waals surface area contributed by atoms with E-state index in [0.717, 1.165) is 38.3 Å². The van der Waals surface area contributed by atoms with E-state index in [2.05, 4.69) is 12.0 Å². The van der Waals surface area contributed by atoms with Gasteiger partial charge in [-0.05, 0) is 48.7 Å². The number of hydrogen-bond acceptors (Lipinski definition) is 11. The van der Waals surface area contributed by atoms with Crippen molar-refractivity contribution >= 4 is 23.9 Å². The first-order chi connectivity index (χ1) is 21.9. The van der Waals surface area contributed by atoms with Crippen molar-refractivity contribution in [1.82, 2.24) is 9.78 Å². The Morgan fingerprint density at radius 1 is 0.804 bits per heavy atom. The number of aromatic nitrogens is 2. The predicted molar refractivity (Wildman–Crippen MR) is 159 cm³/mol. The molecule has 0 bridgehead atoms. The van der Waals surface area contributed by atoms with Gasteiger partial charge >= 0.3 is 23.9 Å². The van der Waals surface area contributed by atoms with Gasteiger partial charge < -0.3 is 28.4 Å². The lowest BCUT2D eigenvalue weighted by Gasteiger charge is -2.43. The van der Waals surface area contributed by atoms with Crippen molar-refractivity contribution in [1.29, 1.82) is 0 Å². The van der Waals surface area contributed by atoms with Crippen molar-refractivity contribution in [3.8, 4) is 11.6 Å². The third kappa shape index (κ3) is 8.47. The summed E-state index contributed by atoms with van der Waals surface area (Å²) in [5.74, 6) is -3.24. The minimum Gasteiger partial charge on any atom is -0.463 e. The lowest BCUT2D eigenvalue weighted by Crippen LogP contribution is -2.63. The molecule has 0 saturated carbocycles. The second-order valence-corrected chi connectivity index (χ2v) is 10.8. The van der Waals surface area contributed by atoms with Crippen molar-refractivity contribution < 1.29 is 52.0 Å². The summed E-state index contributed by atoms with van der Waals surface area (Å²) in [5.41, 5.74) is 3.98. The molecule has 1 aliphatic heterocycles. The second kappa shape index (κ2) is 15.0. The summed E-state index contributed by atoms with van der Waals surface area (Å²) in [5, 5.41) is 4.67. The van der Waals surface area contributed by atoms with Gasteiger partial charge in [-0.2, -0.15) is 0 Å². The molecule has 5 atom stereocenters. The quantitative estimate of drug-likeness (QED) is 0.222. The van der Waals surface area contributed by atoms with Gasteiger partial charge in [0.05, 0.1) is 5.69 Å². The van der Waals surface area contributed by atoms with Gasteiger partial charge in [-0.3, -0.25) is 19.2 Å². The molecule has 2 aromatic carbocycles. The molecule has 1 fully saturated rings. The zero-order valence-electron chi connectivity index (χ0n) is 26.5. The van der Waals surface area contributed by atoms with Gasteiger partial charge in [-0.15, -0.1) is 5.10 Å². The summed E-state index contributed by atoms with van der Waals surface area (Å²) in [6, 6.07) is 13.8. The summed E-state index contributed by atoms with van der Waals surface area (Å²) in [6.45, 7) is 8.09. The molecule has 0 N–H and O–H groups in total. The summed E-state index contributed by atoms with van der Waals surface area (Å²) in [4.78, 5) is 48.3. The average Bonchev–Trinajstić information content (AvgIpc) is 3.29. The largest absolute Gasteiger partial charge is 0.463 e. The molecule has 12 nitrogen and oxygen atoms in total. The number of nitrogens with zero attached hydrogens (tertiary/aromatic N) is 2. The molecule has 1 aromatic heterocycles. The van der Waals surface area contributed by atoms with Gasteiger partial charge in [0.15, 0.2) is 12.2 Å². The first-order valence-electron chi connectivity index (χ1n) is 14.8.